The fourth-order valence-corrected chi connectivity index (χ4v) is 4.41. The molecule has 3 aromatic rings. The van der Waals surface area contributed by atoms with Crippen molar-refractivity contribution in [1.29, 1.82) is 0 Å². The number of aromatic amines is 1. The Labute approximate surface area is 200 Å². The van der Waals surface area contributed by atoms with Crippen LogP contribution < -0.4 is 20.1 Å². The van der Waals surface area contributed by atoms with Crippen LogP contribution in [0.5, 0.6) is 11.5 Å². The number of benzene rings is 1. The molecule has 0 unspecified atom stereocenters. The average Bonchev–Trinajstić information content (AvgIpc) is 3.18. The Morgan fingerprint density at radius 2 is 2.23 bits per heavy atom. The summed E-state index contributed by atoms with van der Waals surface area (Å²) in [5, 5.41) is 15.3. The lowest BCUT2D eigenvalue weighted by molar-refractivity contribution is 0.0500. The molecule has 0 saturated carbocycles. The number of ether oxygens (including phenoxy) is 2. The second-order valence-electron chi connectivity index (χ2n) is 8.28. The number of pyridine rings is 1. The van der Waals surface area contributed by atoms with Crippen molar-refractivity contribution in [2.75, 3.05) is 32.1 Å². The maximum Gasteiger partial charge on any atom is 0.407 e. The van der Waals surface area contributed by atoms with Crippen LogP contribution in [0.3, 0.4) is 0 Å². The van der Waals surface area contributed by atoms with Crippen molar-refractivity contribution in [3.8, 4) is 22.8 Å². The normalized spacial score (nSPS) is 16.7. The predicted molar refractivity (Wildman–Crippen MR) is 125 cm³/mol. The number of anilines is 2. The summed E-state index contributed by atoms with van der Waals surface area (Å²) in [4.78, 5) is 32.9. The van der Waals surface area contributed by atoms with Crippen LogP contribution in [0, 0.1) is 5.82 Å². The van der Waals surface area contributed by atoms with Gasteiger partial charge in [0.2, 0.25) is 0 Å². The van der Waals surface area contributed by atoms with Gasteiger partial charge in [-0.25, -0.2) is 9.18 Å². The zero-order chi connectivity index (χ0) is 24.5. The number of hydrogen-bond acceptors (Lipinski definition) is 6. The smallest absolute Gasteiger partial charge is 0.407 e. The minimum atomic E-state index is -0.977. The van der Waals surface area contributed by atoms with Gasteiger partial charge in [0.15, 0.2) is 11.6 Å². The SMILES string of the molecule is COc1c(F)cccc1Nc1c(-c2ccncc2OC[C@H]2CCN2C(=O)O)[nH]c2c1C(=O)NCC2. The van der Waals surface area contributed by atoms with E-state index in [1.165, 1.54) is 18.1 Å². The number of amides is 2. The Morgan fingerprint density at radius 1 is 1.37 bits per heavy atom. The van der Waals surface area contributed by atoms with E-state index in [1.54, 1.807) is 30.6 Å². The average molecular weight is 481 g/mol. The Kier molecular flexibility index (Phi) is 5.89. The van der Waals surface area contributed by atoms with Gasteiger partial charge in [-0.15, -0.1) is 0 Å². The van der Waals surface area contributed by atoms with Crippen molar-refractivity contribution in [1.82, 2.24) is 20.2 Å². The second-order valence-corrected chi connectivity index (χ2v) is 8.28. The minimum Gasteiger partial charge on any atom is -0.492 e. The van der Waals surface area contributed by atoms with Crippen molar-refractivity contribution in [3.63, 3.8) is 0 Å². The molecule has 1 fully saturated rings. The first-order valence-electron chi connectivity index (χ1n) is 11.2. The minimum absolute atomic E-state index is 0.0227. The summed E-state index contributed by atoms with van der Waals surface area (Å²) in [7, 11) is 1.37. The van der Waals surface area contributed by atoms with E-state index in [9.17, 15) is 19.1 Å². The maximum atomic E-state index is 14.4. The van der Waals surface area contributed by atoms with Crippen LogP contribution in [0.4, 0.5) is 20.6 Å². The first-order chi connectivity index (χ1) is 17.0. The first-order valence-corrected chi connectivity index (χ1v) is 11.2. The molecule has 11 heteroatoms. The Morgan fingerprint density at radius 3 is 2.97 bits per heavy atom. The van der Waals surface area contributed by atoms with Gasteiger partial charge in [0, 0.05) is 37.0 Å². The first kappa shape index (κ1) is 22.5. The third-order valence-electron chi connectivity index (χ3n) is 6.27. The standard InChI is InChI=1S/C24H24FN5O5/c1-34-22-15(25)3-2-4-17(22)29-21-19-16(6-9-27-23(19)31)28-20(21)14-5-8-26-11-18(14)35-12-13-7-10-30(13)24(32)33/h2-5,8,11,13,28-29H,6-7,9-10,12H2,1H3,(H,27,31)(H,32,33)/t13-/m1/s1. The molecule has 0 radical (unpaired) electrons. The van der Waals surface area contributed by atoms with Gasteiger partial charge in [-0.1, -0.05) is 6.07 Å². The van der Waals surface area contributed by atoms with Crippen LogP contribution in [-0.2, 0) is 6.42 Å². The van der Waals surface area contributed by atoms with E-state index in [0.717, 1.165) is 5.69 Å². The monoisotopic (exact) mass is 481 g/mol. The third kappa shape index (κ3) is 4.09. The largest absolute Gasteiger partial charge is 0.492 e. The van der Waals surface area contributed by atoms with Crippen molar-refractivity contribution < 1.29 is 28.6 Å². The number of methoxy groups -OCH3 is 1. The summed E-state index contributed by atoms with van der Waals surface area (Å²) < 4.78 is 25.6. The van der Waals surface area contributed by atoms with E-state index in [1.807, 2.05) is 0 Å². The third-order valence-corrected chi connectivity index (χ3v) is 6.27. The van der Waals surface area contributed by atoms with E-state index in [-0.39, 0.29) is 24.3 Å². The summed E-state index contributed by atoms with van der Waals surface area (Å²) in [6.07, 6.45) is 3.47. The number of carbonyl (C=O) groups excluding carboxylic acids is 1. The molecule has 2 aliphatic heterocycles. The van der Waals surface area contributed by atoms with Crippen molar-refractivity contribution in [2.45, 2.75) is 18.9 Å². The number of nitrogens with one attached hydrogen (secondary N) is 3. The van der Waals surface area contributed by atoms with Crippen LogP contribution in [0.25, 0.3) is 11.3 Å². The molecular weight excluding hydrogens is 457 g/mol. The predicted octanol–water partition coefficient (Wildman–Crippen LogP) is 3.39. The van der Waals surface area contributed by atoms with Crippen LogP contribution in [0.15, 0.2) is 36.7 Å². The molecule has 4 heterocycles. The second kappa shape index (κ2) is 9.16. The number of H-pyrrole nitrogens is 1. The summed E-state index contributed by atoms with van der Waals surface area (Å²) in [5.41, 5.74) is 3.17. The number of aromatic nitrogens is 2. The fraction of sp³-hybridized carbons (Fsp3) is 0.292. The topological polar surface area (TPSA) is 129 Å². The van der Waals surface area contributed by atoms with E-state index in [4.69, 9.17) is 9.47 Å². The van der Waals surface area contributed by atoms with E-state index < -0.39 is 11.9 Å². The van der Waals surface area contributed by atoms with Crippen LogP contribution in [0.2, 0.25) is 0 Å². The zero-order valence-corrected chi connectivity index (χ0v) is 18.9. The molecule has 2 aromatic heterocycles. The molecule has 1 saturated heterocycles. The summed E-state index contributed by atoms with van der Waals surface area (Å²) >= 11 is 0. The Hall–Kier alpha value is -4.28. The summed E-state index contributed by atoms with van der Waals surface area (Å²) in [5.74, 6) is -0.341. The number of para-hydroxylation sites is 1. The number of hydrogen-bond donors (Lipinski definition) is 4. The molecule has 5 rings (SSSR count). The number of carboxylic acid groups (broad SMARTS) is 1. The summed E-state index contributed by atoms with van der Waals surface area (Å²) in [6.45, 7) is 1.14. The lowest BCUT2D eigenvalue weighted by Crippen LogP contribution is -2.53. The van der Waals surface area contributed by atoms with E-state index >= 15 is 0 Å². The van der Waals surface area contributed by atoms with Gasteiger partial charge in [0.05, 0.1) is 42.0 Å². The lowest BCUT2D eigenvalue weighted by Gasteiger charge is -2.38. The van der Waals surface area contributed by atoms with Gasteiger partial charge in [-0.3, -0.25) is 9.78 Å². The Balaban J connectivity index is 1.54. The quantitative estimate of drug-likeness (QED) is 0.407. The molecule has 1 atom stereocenters. The van der Waals surface area contributed by atoms with E-state index in [0.29, 0.717) is 59.9 Å². The molecule has 0 bridgehead atoms. The van der Waals surface area contributed by atoms with Crippen LogP contribution in [-0.4, -0.2) is 64.8 Å². The molecule has 35 heavy (non-hydrogen) atoms. The molecule has 2 amide bonds. The molecule has 10 nitrogen and oxygen atoms in total. The molecular formula is C24H24FN5O5. The van der Waals surface area contributed by atoms with Crippen molar-refractivity contribution in [3.05, 3.63) is 53.7 Å². The summed E-state index contributed by atoms with van der Waals surface area (Å²) in [6, 6.07) is 6.01. The van der Waals surface area contributed by atoms with Crippen molar-refractivity contribution >= 4 is 23.4 Å². The molecule has 0 aliphatic carbocycles. The van der Waals surface area contributed by atoms with Gasteiger partial charge in [0.1, 0.15) is 12.4 Å². The molecule has 2 aliphatic rings. The van der Waals surface area contributed by atoms with Crippen LogP contribution >= 0.6 is 0 Å². The molecule has 182 valence electrons. The highest BCUT2D eigenvalue weighted by Crippen LogP contribution is 2.42. The fourth-order valence-electron chi connectivity index (χ4n) is 4.41. The number of halogens is 1. The molecule has 4 N–H and O–H groups in total. The number of likely N-dealkylation sites (tertiary alicyclic amines) is 1. The highest BCUT2D eigenvalue weighted by molar-refractivity contribution is 6.06. The highest BCUT2D eigenvalue weighted by atomic mass is 19.1. The van der Waals surface area contributed by atoms with Gasteiger partial charge in [-0.05, 0) is 24.6 Å². The Bertz CT molecular complexity index is 1290. The van der Waals surface area contributed by atoms with Gasteiger partial charge in [0.25, 0.3) is 5.91 Å². The van der Waals surface area contributed by atoms with E-state index in [2.05, 4.69) is 20.6 Å². The van der Waals surface area contributed by atoms with Gasteiger partial charge < -0.3 is 35.1 Å². The van der Waals surface area contributed by atoms with Crippen molar-refractivity contribution in [2.24, 2.45) is 0 Å². The molecule has 0 spiro atoms. The number of nitrogens with zero attached hydrogens (tertiary/aromatic N) is 2. The van der Waals surface area contributed by atoms with Gasteiger partial charge >= 0.3 is 6.09 Å². The van der Waals surface area contributed by atoms with Crippen LogP contribution in [0.1, 0.15) is 22.5 Å². The number of rotatable bonds is 7. The van der Waals surface area contributed by atoms with Gasteiger partial charge in [-0.2, -0.15) is 0 Å². The zero-order valence-electron chi connectivity index (χ0n) is 18.9. The lowest BCUT2D eigenvalue weighted by atomic mass is 10.0. The maximum absolute atomic E-state index is 14.4. The highest BCUT2D eigenvalue weighted by Gasteiger charge is 2.33. The number of carbonyl (C=O) groups is 2. The number of fused-ring (bicyclic) bond motifs is 1. The molecule has 1 aromatic carbocycles.